The topological polar surface area (TPSA) is 86.6 Å². The summed E-state index contributed by atoms with van der Waals surface area (Å²) in [5.74, 6) is -0.0108. The summed E-state index contributed by atoms with van der Waals surface area (Å²) in [7, 11) is 3.71. The van der Waals surface area contributed by atoms with Crippen LogP contribution in [0.3, 0.4) is 0 Å². The van der Waals surface area contributed by atoms with Crippen molar-refractivity contribution in [3.05, 3.63) is 82.3 Å². The van der Waals surface area contributed by atoms with Gasteiger partial charge in [-0.2, -0.15) is 5.10 Å². The van der Waals surface area contributed by atoms with Gasteiger partial charge in [0.05, 0.1) is 24.4 Å². The van der Waals surface area contributed by atoms with Crippen LogP contribution in [0.25, 0.3) is 10.9 Å². The number of carbonyl (C=O) groups is 1. The summed E-state index contributed by atoms with van der Waals surface area (Å²) in [5.41, 5.74) is 7.35. The zero-order chi connectivity index (χ0) is 24.3. The van der Waals surface area contributed by atoms with Gasteiger partial charge in [-0.05, 0) is 42.3 Å². The number of ether oxygens (including phenoxy) is 1. The lowest BCUT2D eigenvalue weighted by molar-refractivity contribution is 0.0269. The number of piperazine rings is 1. The molecule has 0 unspecified atom stereocenters. The van der Waals surface area contributed by atoms with Gasteiger partial charge in [-0.3, -0.25) is 14.5 Å². The highest BCUT2D eigenvalue weighted by Gasteiger charge is 2.41. The van der Waals surface area contributed by atoms with Gasteiger partial charge in [0.1, 0.15) is 5.75 Å². The van der Waals surface area contributed by atoms with E-state index in [1.807, 2.05) is 30.1 Å². The number of aromatic nitrogens is 3. The van der Waals surface area contributed by atoms with Gasteiger partial charge >= 0.3 is 5.97 Å². The first-order chi connectivity index (χ1) is 16.9. The summed E-state index contributed by atoms with van der Waals surface area (Å²) in [5, 5.41) is 15.2. The van der Waals surface area contributed by atoms with Crippen LogP contribution in [0.1, 0.15) is 50.4 Å². The fourth-order valence-electron chi connectivity index (χ4n) is 5.87. The van der Waals surface area contributed by atoms with E-state index in [1.54, 1.807) is 19.2 Å². The number of nitrogens with zero attached hydrogens (tertiary/aromatic N) is 4. The van der Waals surface area contributed by atoms with E-state index in [9.17, 15) is 9.90 Å². The van der Waals surface area contributed by atoms with Gasteiger partial charge in [0.2, 0.25) is 0 Å². The molecule has 0 spiro atoms. The highest BCUT2D eigenvalue weighted by atomic mass is 16.5. The predicted molar refractivity (Wildman–Crippen MR) is 132 cm³/mol. The summed E-state index contributed by atoms with van der Waals surface area (Å²) in [6.45, 7) is 5.37. The Labute approximate surface area is 203 Å². The summed E-state index contributed by atoms with van der Waals surface area (Å²) in [4.78, 5) is 19.8. The molecule has 180 valence electrons. The van der Waals surface area contributed by atoms with E-state index in [4.69, 9.17) is 9.84 Å². The molecule has 0 radical (unpaired) electrons. The molecule has 0 aliphatic carbocycles. The summed E-state index contributed by atoms with van der Waals surface area (Å²) >= 11 is 0. The Morgan fingerprint density at radius 2 is 2.00 bits per heavy atom. The number of carboxylic acids is 1. The van der Waals surface area contributed by atoms with Crippen LogP contribution in [0.2, 0.25) is 0 Å². The van der Waals surface area contributed by atoms with Crippen LogP contribution in [0.4, 0.5) is 0 Å². The van der Waals surface area contributed by atoms with Gasteiger partial charge in [-0.1, -0.05) is 12.1 Å². The highest BCUT2D eigenvalue weighted by Crippen LogP contribution is 2.43. The Kier molecular flexibility index (Phi) is 5.16. The van der Waals surface area contributed by atoms with E-state index in [0.29, 0.717) is 5.56 Å². The maximum absolute atomic E-state index is 11.4. The lowest BCUT2D eigenvalue weighted by Crippen LogP contribution is -2.47. The number of aryl methyl sites for hydroxylation is 2. The zero-order valence-corrected chi connectivity index (χ0v) is 20.2. The molecular formula is C27H29N5O3. The lowest BCUT2D eigenvalue weighted by atomic mass is 9.96. The quantitative estimate of drug-likeness (QED) is 0.457. The molecule has 2 aliphatic rings. The minimum absolute atomic E-state index is 0.117. The van der Waals surface area contributed by atoms with Gasteiger partial charge in [-0.25, -0.2) is 4.79 Å². The van der Waals surface area contributed by atoms with Crippen molar-refractivity contribution in [1.29, 1.82) is 0 Å². The van der Waals surface area contributed by atoms with Gasteiger partial charge < -0.3 is 14.8 Å². The van der Waals surface area contributed by atoms with Crippen molar-refractivity contribution in [1.82, 2.24) is 24.6 Å². The second-order valence-corrected chi connectivity index (χ2v) is 9.66. The van der Waals surface area contributed by atoms with Crippen molar-refractivity contribution in [3.63, 3.8) is 0 Å². The first-order valence-corrected chi connectivity index (χ1v) is 11.9. The van der Waals surface area contributed by atoms with Crippen LogP contribution in [-0.4, -0.2) is 55.8 Å². The van der Waals surface area contributed by atoms with Crippen LogP contribution in [0.15, 0.2) is 48.8 Å². The number of rotatable bonds is 5. The molecule has 2 aromatic carbocycles. The number of fused-ring (bicyclic) bond motifs is 4. The molecule has 1 saturated heterocycles. The molecule has 4 heterocycles. The Hall–Kier alpha value is -3.62. The van der Waals surface area contributed by atoms with E-state index >= 15 is 0 Å². The van der Waals surface area contributed by atoms with Crippen molar-refractivity contribution >= 4 is 16.9 Å². The molecule has 2 N–H and O–H groups in total. The Morgan fingerprint density at radius 1 is 1.20 bits per heavy atom. The first kappa shape index (κ1) is 21.9. The van der Waals surface area contributed by atoms with Crippen LogP contribution in [0, 0.1) is 6.92 Å². The number of aromatic amines is 1. The minimum atomic E-state index is -0.905. The molecule has 2 aliphatic heterocycles. The van der Waals surface area contributed by atoms with Crippen molar-refractivity contribution in [3.8, 4) is 5.75 Å². The molecule has 0 amide bonds. The van der Waals surface area contributed by atoms with E-state index in [-0.39, 0.29) is 12.1 Å². The number of nitrogens with one attached hydrogen (secondary N) is 1. The van der Waals surface area contributed by atoms with Crippen LogP contribution in [0.5, 0.6) is 5.75 Å². The van der Waals surface area contributed by atoms with Crippen molar-refractivity contribution in [2.75, 3.05) is 20.2 Å². The largest absolute Gasteiger partial charge is 0.496 e. The van der Waals surface area contributed by atoms with E-state index in [0.717, 1.165) is 54.3 Å². The monoisotopic (exact) mass is 471 g/mol. The Balaban J connectivity index is 1.41. The minimum Gasteiger partial charge on any atom is -0.496 e. The average Bonchev–Trinajstić information content (AvgIpc) is 3.55. The first-order valence-electron chi connectivity index (χ1n) is 11.9. The van der Waals surface area contributed by atoms with Gasteiger partial charge in [0.25, 0.3) is 0 Å². The van der Waals surface area contributed by atoms with E-state index < -0.39 is 5.97 Å². The fourth-order valence-corrected chi connectivity index (χ4v) is 5.87. The van der Waals surface area contributed by atoms with Crippen molar-refractivity contribution < 1.29 is 14.6 Å². The van der Waals surface area contributed by atoms with Gasteiger partial charge in [0.15, 0.2) is 0 Å². The number of hydrogen-bond donors (Lipinski definition) is 2. The molecule has 0 bridgehead atoms. The molecule has 2 aromatic heterocycles. The molecule has 35 heavy (non-hydrogen) atoms. The fraction of sp³-hybridized carbons (Fsp3) is 0.333. The molecule has 8 nitrogen and oxygen atoms in total. The number of aromatic carboxylic acids is 1. The van der Waals surface area contributed by atoms with Gasteiger partial charge in [-0.15, -0.1) is 0 Å². The summed E-state index contributed by atoms with van der Waals surface area (Å²) < 4.78 is 7.76. The number of hydrogen-bond acceptors (Lipinski definition) is 5. The van der Waals surface area contributed by atoms with Crippen molar-refractivity contribution in [2.24, 2.45) is 7.05 Å². The number of methoxy groups -OCH3 is 1. The van der Waals surface area contributed by atoms with Crippen molar-refractivity contribution in [2.45, 2.75) is 32.1 Å². The van der Waals surface area contributed by atoms with Crippen LogP contribution >= 0.6 is 0 Å². The molecule has 6 rings (SSSR count). The number of benzene rings is 2. The highest BCUT2D eigenvalue weighted by molar-refractivity contribution is 5.88. The molecule has 8 heteroatoms. The number of H-pyrrole nitrogens is 1. The molecule has 2 atom stereocenters. The zero-order valence-electron chi connectivity index (χ0n) is 20.2. The van der Waals surface area contributed by atoms with Crippen LogP contribution in [-0.2, 0) is 20.1 Å². The van der Waals surface area contributed by atoms with Crippen LogP contribution < -0.4 is 4.74 Å². The smallest absolute Gasteiger partial charge is 0.335 e. The second-order valence-electron chi connectivity index (χ2n) is 9.66. The average molecular weight is 472 g/mol. The molecule has 1 fully saturated rings. The second kappa shape index (κ2) is 8.25. The van der Waals surface area contributed by atoms with E-state index in [1.165, 1.54) is 16.5 Å². The van der Waals surface area contributed by atoms with E-state index in [2.05, 4.69) is 40.0 Å². The third kappa shape index (κ3) is 3.61. The molecule has 0 saturated carbocycles. The number of carboxylic acid groups (broad SMARTS) is 1. The standard InChI is InChI=1S/C27H29N5O3/c1-16-10-25(35-3)20(19-8-9-28-26(16)19)12-31-15-24-21-11-30(2)29-22(21)13-32(24)14-23(31)17-4-6-18(7-5-17)27(33)34/h4-11,23-24,28H,12-15H2,1-3H3,(H,33,34)/t23-,24+/m1/s1. The Bertz CT molecular complexity index is 1420. The maximum atomic E-state index is 11.4. The third-order valence-corrected chi connectivity index (χ3v) is 7.58. The SMILES string of the molecule is COc1cc(C)c2[nH]ccc2c1CN1C[C@H]2c3cn(C)nc3CN2C[C@@H]1c1ccc(C(=O)O)cc1. The van der Waals surface area contributed by atoms with Gasteiger partial charge in [0, 0.05) is 73.7 Å². The lowest BCUT2D eigenvalue weighted by Gasteiger charge is -2.44. The summed E-state index contributed by atoms with van der Waals surface area (Å²) in [6, 6.07) is 12.0. The molecular weight excluding hydrogens is 442 g/mol. The molecule has 4 aromatic rings. The third-order valence-electron chi connectivity index (χ3n) is 7.58. The maximum Gasteiger partial charge on any atom is 0.335 e. The predicted octanol–water partition coefficient (Wildman–Crippen LogP) is 4.03. The summed E-state index contributed by atoms with van der Waals surface area (Å²) in [6.07, 6.45) is 4.14. The Morgan fingerprint density at radius 3 is 2.74 bits per heavy atom. The normalized spacial score (nSPS) is 20.2.